The number of nitrogens with two attached hydrogens (primary N) is 1. The lowest BCUT2D eigenvalue weighted by Crippen LogP contribution is -2.31. The predicted octanol–water partition coefficient (Wildman–Crippen LogP) is 0.0528. The second-order valence-corrected chi connectivity index (χ2v) is 4.80. The standard InChI is InChI=1S/C9H16N2O3S/c1-14-8(13)4-9(2-3-9)6-15-5-7(12)11-10/h2-6,10H2,1H3,(H,11,12). The Morgan fingerprint density at radius 1 is 1.53 bits per heavy atom. The SMILES string of the molecule is COC(=O)CC1(CSCC(=O)NN)CC1. The molecule has 0 spiro atoms. The molecule has 0 unspecified atom stereocenters. The van der Waals surface area contributed by atoms with Crippen LogP contribution in [0, 0.1) is 5.41 Å². The second kappa shape index (κ2) is 5.37. The lowest BCUT2D eigenvalue weighted by atomic mass is 10.1. The molecule has 0 aromatic carbocycles. The number of thioether (sulfide) groups is 1. The Bertz CT molecular complexity index is 254. The zero-order valence-electron chi connectivity index (χ0n) is 8.75. The number of hydrogen-bond donors (Lipinski definition) is 2. The number of carbonyl (C=O) groups excluding carboxylic acids is 2. The highest BCUT2D eigenvalue weighted by Gasteiger charge is 2.44. The number of carbonyl (C=O) groups is 2. The molecule has 15 heavy (non-hydrogen) atoms. The van der Waals surface area contributed by atoms with Crippen LogP contribution in [0.3, 0.4) is 0 Å². The average molecular weight is 232 g/mol. The summed E-state index contributed by atoms with van der Waals surface area (Å²) in [6.45, 7) is 0. The maximum atomic E-state index is 11.1. The molecular weight excluding hydrogens is 216 g/mol. The molecule has 1 rings (SSSR count). The van der Waals surface area contributed by atoms with Gasteiger partial charge in [0, 0.05) is 0 Å². The number of rotatable bonds is 6. The van der Waals surface area contributed by atoms with E-state index >= 15 is 0 Å². The maximum Gasteiger partial charge on any atom is 0.306 e. The third-order valence-electron chi connectivity index (χ3n) is 2.51. The molecule has 0 radical (unpaired) electrons. The van der Waals surface area contributed by atoms with Gasteiger partial charge in [-0.05, 0) is 24.0 Å². The van der Waals surface area contributed by atoms with Gasteiger partial charge in [-0.15, -0.1) is 0 Å². The van der Waals surface area contributed by atoms with Crippen molar-refractivity contribution in [1.82, 2.24) is 5.43 Å². The van der Waals surface area contributed by atoms with Crippen LogP contribution in [0.15, 0.2) is 0 Å². The van der Waals surface area contributed by atoms with Crippen molar-refractivity contribution in [2.75, 3.05) is 18.6 Å². The van der Waals surface area contributed by atoms with Gasteiger partial charge in [0.1, 0.15) is 0 Å². The lowest BCUT2D eigenvalue weighted by Gasteiger charge is -2.12. The smallest absolute Gasteiger partial charge is 0.306 e. The minimum absolute atomic E-state index is 0.0760. The summed E-state index contributed by atoms with van der Waals surface area (Å²) in [5.74, 6) is 5.76. The molecule has 6 heteroatoms. The van der Waals surface area contributed by atoms with Crippen LogP contribution in [0.2, 0.25) is 0 Å². The van der Waals surface area contributed by atoms with Gasteiger partial charge >= 0.3 is 5.97 Å². The topological polar surface area (TPSA) is 81.4 Å². The normalized spacial score (nSPS) is 16.9. The van der Waals surface area contributed by atoms with Crippen LogP contribution in [0.1, 0.15) is 19.3 Å². The van der Waals surface area contributed by atoms with Crippen LogP contribution in [0.4, 0.5) is 0 Å². The number of hydrazine groups is 1. The Hall–Kier alpha value is -0.750. The van der Waals surface area contributed by atoms with Crippen molar-refractivity contribution in [3.05, 3.63) is 0 Å². The zero-order valence-corrected chi connectivity index (χ0v) is 9.56. The minimum atomic E-state index is -0.186. The molecule has 0 aromatic rings. The zero-order chi connectivity index (χ0) is 11.3. The van der Waals surface area contributed by atoms with E-state index in [2.05, 4.69) is 10.2 Å². The fraction of sp³-hybridized carbons (Fsp3) is 0.778. The van der Waals surface area contributed by atoms with Crippen molar-refractivity contribution in [2.24, 2.45) is 11.3 Å². The summed E-state index contributed by atoms with van der Waals surface area (Å²) in [5, 5.41) is 0. The Morgan fingerprint density at radius 3 is 2.67 bits per heavy atom. The molecule has 0 atom stereocenters. The van der Waals surface area contributed by atoms with Gasteiger partial charge in [0.05, 0.1) is 19.3 Å². The first-order valence-corrected chi connectivity index (χ1v) is 5.91. The molecule has 86 valence electrons. The van der Waals surface area contributed by atoms with E-state index in [1.54, 1.807) is 0 Å². The van der Waals surface area contributed by atoms with Gasteiger partial charge in [0.25, 0.3) is 0 Å². The summed E-state index contributed by atoms with van der Waals surface area (Å²) in [6.07, 6.45) is 2.54. The summed E-state index contributed by atoms with van der Waals surface area (Å²) < 4.78 is 4.63. The van der Waals surface area contributed by atoms with Gasteiger partial charge in [-0.2, -0.15) is 11.8 Å². The molecule has 1 fully saturated rings. The molecule has 3 N–H and O–H groups in total. The molecule has 1 amide bonds. The summed E-state index contributed by atoms with van der Waals surface area (Å²) in [7, 11) is 1.40. The van der Waals surface area contributed by atoms with E-state index in [4.69, 9.17) is 5.84 Å². The average Bonchev–Trinajstić information content (AvgIpc) is 2.97. The van der Waals surface area contributed by atoms with E-state index in [0.29, 0.717) is 12.2 Å². The first kappa shape index (κ1) is 12.3. The van der Waals surface area contributed by atoms with Crippen LogP contribution in [-0.4, -0.2) is 30.5 Å². The van der Waals surface area contributed by atoms with Crippen LogP contribution >= 0.6 is 11.8 Å². The van der Waals surface area contributed by atoms with Gasteiger partial charge in [-0.3, -0.25) is 15.0 Å². The predicted molar refractivity (Wildman–Crippen MR) is 58.0 cm³/mol. The van der Waals surface area contributed by atoms with E-state index < -0.39 is 0 Å². The van der Waals surface area contributed by atoms with E-state index in [1.807, 2.05) is 0 Å². The second-order valence-electron chi connectivity index (χ2n) is 3.81. The number of esters is 1. The first-order valence-electron chi connectivity index (χ1n) is 4.76. The first-order chi connectivity index (χ1) is 7.12. The number of hydrogen-bond acceptors (Lipinski definition) is 5. The van der Waals surface area contributed by atoms with E-state index in [1.165, 1.54) is 18.9 Å². The van der Waals surface area contributed by atoms with Crippen molar-refractivity contribution < 1.29 is 14.3 Å². The maximum absolute atomic E-state index is 11.1. The molecule has 1 aliphatic rings. The van der Waals surface area contributed by atoms with Gasteiger partial charge in [-0.25, -0.2) is 5.84 Å². The highest BCUT2D eigenvalue weighted by atomic mass is 32.2. The molecule has 0 aliphatic heterocycles. The van der Waals surface area contributed by atoms with Crippen LogP contribution < -0.4 is 11.3 Å². The fourth-order valence-electron chi connectivity index (χ4n) is 1.33. The Labute approximate surface area is 93.1 Å². The van der Waals surface area contributed by atoms with Crippen molar-refractivity contribution in [1.29, 1.82) is 0 Å². The molecular formula is C9H16N2O3S. The van der Waals surface area contributed by atoms with Crippen molar-refractivity contribution >= 4 is 23.6 Å². The van der Waals surface area contributed by atoms with Gasteiger partial charge in [-0.1, -0.05) is 0 Å². The minimum Gasteiger partial charge on any atom is -0.469 e. The highest BCUT2D eigenvalue weighted by Crippen LogP contribution is 2.51. The number of methoxy groups -OCH3 is 1. The van der Waals surface area contributed by atoms with Gasteiger partial charge in [0.2, 0.25) is 5.91 Å². The fourth-order valence-corrected chi connectivity index (χ4v) is 2.52. The lowest BCUT2D eigenvalue weighted by molar-refractivity contribution is -0.141. The van der Waals surface area contributed by atoms with Crippen LogP contribution in [0.25, 0.3) is 0 Å². The Balaban J connectivity index is 2.20. The third kappa shape index (κ3) is 4.09. The summed E-state index contributed by atoms with van der Waals surface area (Å²) >= 11 is 1.51. The van der Waals surface area contributed by atoms with Crippen molar-refractivity contribution in [3.8, 4) is 0 Å². The number of ether oxygens (including phenoxy) is 1. The summed E-state index contributed by atoms with van der Waals surface area (Å²) in [6, 6.07) is 0. The number of nitrogens with one attached hydrogen (secondary N) is 1. The molecule has 0 saturated heterocycles. The number of amides is 1. The Kier molecular flexibility index (Phi) is 4.41. The summed E-state index contributed by atoms with van der Waals surface area (Å²) in [4.78, 5) is 21.9. The monoisotopic (exact) mass is 232 g/mol. The van der Waals surface area contributed by atoms with Gasteiger partial charge < -0.3 is 4.74 Å². The highest BCUT2D eigenvalue weighted by molar-refractivity contribution is 7.99. The Morgan fingerprint density at radius 2 is 2.20 bits per heavy atom. The molecule has 1 saturated carbocycles. The van der Waals surface area contributed by atoms with E-state index in [9.17, 15) is 9.59 Å². The van der Waals surface area contributed by atoms with Crippen molar-refractivity contribution in [2.45, 2.75) is 19.3 Å². The molecule has 0 bridgehead atoms. The van der Waals surface area contributed by atoms with Crippen LogP contribution in [0.5, 0.6) is 0 Å². The molecule has 0 heterocycles. The largest absolute Gasteiger partial charge is 0.469 e. The van der Waals surface area contributed by atoms with Crippen LogP contribution in [-0.2, 0) is 14.3 Å². The molecule has 0 aromatic heterocycles. The molecule has 1 aliphatic carbocycles. The third-order valence-corrected chi connectivity index (χ3v) is 3.79. The molecule has 5 nitrogen and oxygen atoms in total. The quantitative estimate of drug-likeness (QED) is 0.293. The summed E-state index contributed by atoms with van der Waals surface area (Å²) in [5.41, 5.74) is 2.15. The van der Waals surface area contributed by atoms with E-state index in [-0.39, 0.29) is 17.3 Å². The van der Waals surface area contributed by atoms with Crippen molar-refractivity contribution in [3.63, 3.8) is 0 Å². The van der Waals surface area contributed by atoms with Gasteiger partial charge in [0.15, 0.2) is 0 Å². The van der Waals surface area contributed by atoms with E-state index in [0.717, 1.165) is 18.6 Å².